The molecule has 0 aliphatic heterocycles. The summed E-state index contributed by atoms with van der Waals surface area (Å²) in [4.78, 5) is 24.1. The number of benzene rings is 2. The Balaban J connectivity index is 1.70. The standard InChI is InChI=1S/C19H18O4/c1-2-22-18(21)19(12-13-19)23-17(20)16-10-8-15(9-11-16)14-6-4-3-5-7-14/h3-11H,2,12-13H2,1H3. The molecular formula is C19H18O4. The Kier molecular flexibility index (Phi) is 4.15. The van der Waals surface area contributed by atoms with Gasteiger partial charge in [-0.1, -0.05) is 42.5 Å². The molecule has 3 rings (SSSR count). The molecule has 0 unspecified atom stereocenters. The van der Waals surface area contributed by atoms with E-state index in [9.17, 15) is 9.59 Å². The van der Waals surface area contributed by atoms with Crippen molar-refractivity contribution in [2.45, 2.75) is 25.4 Å². The van der Waals surface area contributed by atoms with Gasteiger partial charge in [0.2, 0.25) is 5.60 Å². The van der Waals surface area contributed by atoms with Gasteiger partial charge in [0.25, 0.3) is 0 Å². The van der Waals surface area contributed by atoms with Gasteiger partial charge >= 0.3 is 11.9 Å². The van der Waals surface area contributed by atoms with Gasteiger partial charge in [-0.3, -0.25) is 0 Å². The third kappa shape index (κ3) is 3.26. The first-order valence-corrected chi connectivity index (χ1v) is 7.71. The summed E-state index contributed by atoms with van der Waals surface area (Å²) in [6.45, 7) is 2.02. The van der Waals surface area contributed by atoms with Crippen LogP contribution >= 0.6 is 0 Å². The Hall–Kier alpha value is -2.62. The Morgan fingerprint density at radius 3 is 2.13 bits per heavy atom. The minimum absolute atomic E-state index is 0.282. The fraction of sp³-hybridized carbons (Fsp3) is 0.263. The Morgan fingerprint density at radius 2 is 1.57 bits per heavy atom. The minimum atomic E-state index is -1.06. The summed E-state index contributed by atoms with van der Waals surface area (Å²) in [5.74, 6) is -0.940. The van der Waals surface area contributed by atoms with Crippen LogP contribution in [0.2, 0.25) is 0 Å². The van der Waals surface area contributed by atoms with Crippen LogP contribution in [0.3, 0.4) is 0 Å². The Labute approximate surface area is 135 Å². The van der Waals surface area contributed by atoms with Crippen molar-refractivity contribution in [3.05, 3.63) is 60.2 Å². The average molecular weight is 310 g/mol. The van der Waals surface area contributed by atoms with Crippen LogP contribution in [0.5, 0.6) is 0 Å². The molecule has 23 heavy (non-hydrogen) atoms. The van der Waals surface area contributed by atoms with E-state index in [4.69, 9.17) is 9.47 Å². The van der Waals surface area contributed by atoms with Crippen molar-refractivity contribution in [1.82, 2.24) is 0 Å². The third-order valence-electron chi connectivity index (χ3n) is 3.87. The zero-order valence-corrected chi connectivity index (χ0v) is 13.0. The molecule has 0 radical (unpaired) electrons. The zero-order valence-electron chi connectivity index (χ0n) is 13.0. The number of carbonyl (C=O) groups excluding carboxylic acids is 2. The zero-order chi connectivity index (χ0) is 16.3. The molecule has 0 bridgehead atoms. The molecule has 2 aromatic rings. The van der Waals surface area contributed by atoms with Gasteiger partial charge in [0.05, 0.1) is 12.2 Å². The van der Waals surface area contributed by atoms with Crippen molar-refractivity contribution < 1.29 is 19.1 Å². The van der Waals surface area contributed by atoms with Gasteiger partial charge < -0.3 is 9.47 Å². The normalized spacial score (nSPS) is 14.8. The van der Waals surface area contributed by atoms with E-state index in [2.05, 4.69) is 0 Å². The maximum atomic E-state index is 12.2. The van der Waals surface area contributed by atoms with Crippen LogP contribution in [0.15, 0.2) is 54.6 Å². The summed E-state index contributed by atoms with van der Waals surface area (Å²) in [5.41, 5.74) is 1.47. The molecule has 0 N–H and O–H groups in total. The first-order valence-electron chi connectivity index (χ1n) is 7.71. The highest BCUT2D eigenvalue weighted by atomic mass is 16.6. The minimum Gasteiger partial charge on any atom is -0.463 e. The second kappa shape index (κ2) is 6.24. The van der Waals surface area contributed by atoms with Crippen LogP contribution in [0.4, 0.5) is 0 Å². The largest absolute Gasteiger partial charge is 0.463 e. The molecule has 0 aromatic heterocycles. The summed E-state index contributed by atoms with van der Waals surface area (Å²) in [6.07, 6.45) is 1.05. The molecule has 118 valence electrons. The van der Waals surface area contributed by atoms with Crippen molar-refractivity contribution in [3.8, 4) is 11.1 Å². The predicted molar refractivity (Wildman–Crippen MR) is 85.9 cm³/mol. The molecule has 0 amide bonds. The van der Waals surface area contributed by atoms with Gasteiger partial charge in [-0.2, -0.15) is 0 Å². The van der Waals surface area contributed by atoms with E-state index < -0.39 is 17.5 Å². The monoisotopic (exact) mass is 310 g/mol. The first-order chi connectivity index (χ1) is 11.1. The van der Waals surface area contributed by atoms with Crippen molar-refractivity contribution in [3.63, 3.8) is 0 Å². The molecule has 1 fully saturated rings. The molecular weight excluding hydrogens is 292 g/mol. The Morgan fingerprint density at radius 1 is 0.957 bits per heavy atom. The summed E-state index contributed by atoms with van der Waals surface area (Å²) in [7, 11) is 0. The summed E-state index contributed by atoms with van der Waals surface area (Å²) in [6, 6.07) is 17.1. The lowest BCUT2D eigenvalue weighted by atomic mass is 10.0. The maximum Gasteiger partial charge on any atom is 0.350 e. The van der Waals surface area contributed by atoms with E-state index in [1.54, 1.807) is 19.1 Å². The number of ether oxygens (including phenoxy) is 2. The number of carbonyl (C=O) groups is 2. The lowest BCUT2D eigenvalue weighted by molar-refractivity contribution is -0.156. The van der Waals surface area contributed by atoms with E-state index >= 15 is 0 Å². The number of hydrogen-bond donors (Lipinski definition) is 0. The van der Waals surface area contributed by atoms with Crippen LogP contribution in [-0.2, 0) is 14.3 Å². The quantitative estimate of drug-likeness (QED) is 0.792. The molecule has 0 atom stereocenters. The predicted octanol–water partition coefficient (Wildman–Crippen LogP) is 3.61. The maximum absolute atomic E-state index is 12.2. The number of hydrogen-bond acceptors (Lipinski definition) is 4. The van der Waals surface area contributed by atoms with Crippen molar-refractivity contribution >= 4 is 11.9 Å². The molecule has 1 aliphatic carbocycles. The van der Waals surface area contributed by atoms with Gasteiger partial charge in [-0.15, -0.1) is 0 Å². The molecule has 4 heteroatoms. The highest BCUT2D eigenvalue weighted by Crippen LogP contribution is 2.41. The molecule has 2 aromatic carbocycles. The lowest BCUT2D eigenvalue weighted by Gasteiger charge is -2.15. The van der Waals surface area contributed by atoms with Crippen molar-refractivity contribution in [2.24, 2.45) is 0 Å². The van der Waals surface area contributed by atoms with E-state index in [1.807, 2.05) is 42.5 Å². The fourth-order valence-electron chi connectivity index (χ4n) is 2.39. The van der Waals surface area contributed by atoms with E-state index in [-0.39, 0.29) is 6.61 Å². The SMILES string of the molecule is CCOC(=O)C1(OC(=O)c2ccc(-c3ccccc3)cc2)CC1. The smallest absolute Gasteiger partial charge is 0.350 e. The molecule has 1 aliphatic rings. The fourth-order valence-corrected chi connectivity index (χ4v) is 2.39. The first kappa shape index (κ1) is 15.3. The van der Waals surface area contributed by atoms with Crippen molar-refractivity contribution in [2.75, 3.05) is 6.61 Å². The summed E-state index contributed by atoms with van der Waals surface area (Å²) >= 11 is 0. The molecule has 1 saturated carbocycles. The van der Waals surface area contributed by atoms with Crippen LogP contribution in [0.1, 0.15) is 30.1 Å². The topological polar surface area (TPSA) is 52.6 Å². The van der Waals surface area contributed by atoms with Gasteiger partial charge in [-0.05, 0) is 30.2 Å². The average Bonchev–Trinajstić information content (AvgIpc) is 3.37. The molecule has 0 heterocycles. The van der Waals surface area contributed by atoms with Gasteiger partial charge in [0, 0.05) is 12.8 Å². The summed E-state index contributed by atoms with van der Waals surface area (Å²) < 4.78 is 10.3. The molecule has 4 nitrogen and oxygen atoms in total. The second-order valence-corrected chi connectivity index (χ2v) is 5.55. The number of esters is 2. The third-order valence-corrected chi connectivity index (χ3v) is 3.87. The molecule has 0 spiro atoms. The van der Waals surface area contributed by atoms with E-state index in [1.165, 1.54) is 0 Å². The van der Waals surface area contributed by atoms with Crippen LogP contribution in [-0.4, -0.2) is 24.1 Å². The van der Waals surface area contributed by atoms with E-state index in [0.717, 1.165) is 11.1 Å². The van der Waals surface area contributed by atoms with Crippen LogP contribution in [0.25, 0.3) is 11.1 Å². The van der Waals surface area contributed by atoms with Crippen molar-refractivity contribution in [1.29, 1.82) is 0 Å². The Bertz CT molecular complexity index is 700. The highest BCUT2D eigenvalue weighted by Gasteiger charge is 2.55. The summed E-state index contributed by atoms with van der Waals surface area (Å²) in [5, 5.41) is 0. The lowest BCUT2D eigenvalue weighted by Crippen LogP contribution is -2.31. The van der Waals surface area contributed by atoms with Gasteiger partial charge in [0.15, 0.2) is 0 Å². The van der Waals surface area contributed by atoms with Gasteiger partial charge in [-0.25, -0.2) is 9.59 Å². The highest BCUT2D eigenvalue weighted by molar-refractivity contribution is 5.94. The van der Waals surface area contributed by atoms with Gasteiger partial charge in [0.1, 0.15) is 0 Å². The second-order valence-electron chi connectivity index (χ2n) is 5.55. The van der Waals surface area contributed by atoms with Crippen LogP contribution < -0.4 is 0 Å². The van der Waals surface area contributed by atoms with Crippen LogP contribution in [0, 0.1) is 0 Å². The molecule has 0 saturated heterocycles. The van der Waals surface area contributed by atoms with E-state index in [0.29, 0.717) is 18.4 Å². The number of rotatable bonds is 5.